The standard InChI is InChI=1S/C38H57N3O6/c1-27(35-28(2)14-11-21-39-35)12-10-13-29(3)36-30(4)17-18-33(38(5,45)20-19-32(42)26-34(43)47-36)46-37(44)41-24-22-40(23-25-41)31-15-8-6-7-9-16-31/h10-14,17-18,21,27,30-33,36,42,45H,6-9,15-16,19-20,22-26H2,1-5H3/b12-10+,18-17+,29-13+/t27?,30-,32-,33-,36+,38-/m0/s1. The number of aromatic nitrogens is 1. The highest BCUT2D eigenvalue weighted by molar-refractivity contribution is 5.70. The molecule has 1 saturated heterocycles. The monoisotopic (exact) mass is 651 g/mol. The molecule has 260 valence electrons. The predicted octanol–water partition coefficient (Wildman–Crippen LogP) is 6.24. The molecule has 47 heavy (non-hydrogen) atoms. The van der Waals surface area contributed by atoms with Crippen LogP contribution < -0.4 is 0 Å². The number of amides is 1. The van der Waals surface area contributed by atoms with E-state index < -0.39 is 36.0 Å². The van der Waals surface area contributed by atoms with Gasteiger partial charge in [-0.25, -0.2) is 4.79 Å². The van der Waals surface area contributed by atoms with E-state index in [0.29, 0.717) is 19.1 Å². The third-order valence-corrected chi connectivity index (χ3v) is 10.2. The van der Waals surface area contributed by atoms with E-state index in [0.717, 1.165) is 29.9 Å². The number of aliphatic hydroxyl groups is 2. The molecule has 2 N–H and O–H groups in total. The number of allylic oxidation sites excluding steroid dienone is 3. The summed E-state index contributed by atoms with van der Waals surface area (Å²) in [5.74, 6) is -0.692. The van der Waals surface area contributed by atoms with E-state index in [4.69, 9.17) is 9.47 Å². The van der Waals surface area contributed by atoms with Gasteiger partial charge in [0, 0.05) is 55.9 Å². The Morgan fingerprint density at radius 2 is 1.83 bits per heavy atom. The molecule has 1 amide bonds. The van der Waals surface area contributed by atoms with Gasteiger partial charge in [0.15, 0.2) is 6.10 Å². The SMILES string of the molecule is C/C(=C\C=C\C(C)c1ncccc1C)[C@H]1OC(=O)C[C@@H](O)CC[C@](C)(O)[C@@H](OC(=O)N2CCN(C3CCCCCC3)CC2)/C=C/[C@@H]1C. The van der Waals surface area contributed by atoms with Crippen LogP contribution in [-0.2, 0) is 14.3 Å². The third-order valence-electron chi connectivity index (χ3n) is 10.2. The molecule has 3 heterocycles. The second-order valence-electron chi connectivity index (χ2n) is 14.2. The van der Waals surface area contributed by atoms with E-state index >= 15 is 0 Å². The van der Waals surface area contributed by atoms with Crippen LogP contribution in [-0.4, -0.2) is 93.2 Å². The first-order chi connectivity index (χ1) is 22.4. The number of cyclic esters (lactones) is 1. The molecule has 3 aliphatic rings. The number of rotatable bonds is 6. The van der Waals surface area contributed by atoms with Gasteiger partial charge in [-0.2, -0.15) is 0 Å². The van der Waals surface area contributed by atoms with Crippen LogP contribution in [0.25, 0.3) is 0 Å². The Kier molecular flexibility index (Phi) is 13.6. The summed E-state index contributed by atoms with van der Waals surface area (Å²) in [4.78, 5) is 35.1. The molecule has 0 radical (unpaired) electrons. The lowest BCUT2D eigenvalue weighted by Crippen LogP contribution is -2.53. The number of carbonyl (C=O) groups excluding carboxylic acids is 2. The highest BCUT2D eigenvalue weighted by Crippen LogP contribution is 2.28. The summed E-state index contributed by atoms with van der Waals surface area (Å²) >= 11 is 0. The number of hydrogen-bond donors (Lipinski definition) is 2. The first-order valence-corrected chi connectivity index (χ1v) is 17.7. The minimum absolute atomic E-state index is 0.101. The van der Waals surface area contributed by atoms with Crippen molar-refractivity contribution in [3.8, 4) is 0 Å². The number of aryl methyl sites for hydroxylation is 1. The van der Waals surface area contributed by atoms with Crippen molar-refractivity contribution in [1.82, 2.24) is 14.8 Å². The fourth-order valence-corrected chi connectivity index (χ4v) is 7.06. The van der Waals surface area contributed by atoms with Crippen LogP contribution in [0.3, 0.4) is 0 Å². The van der Waals surface area contributed by atoms with Gasteiger partial charge in [0.1, 0.15) is 11.7 Å². The van der Waals surface area contributed by atoms with Gasteiger partial charge in [-0.1, -0.05) is 69.9 Å². The number of hydrogen-bond acceptors (Lipinski definition) is 8. The van der Waals surface area contributed by atoms with Crippen LogP contribution in [0.2, 0.25) is 0 Å². The highest BCUT2D eigenvalue weighted by atomic mass is 16.6. The molecular formula is C38H57N3O6. The Labute approximate surface area is 281 Å². The Morgan fingerprint density at radius 3 is 2.51 bits per heavy atom. The Bertz CT molecular complexity index is 1260. The third kappa shape index (κ3) is 10.7. The molecule has 2 fully saturated rings. The topological polar surface area (TPSA) is 112 Å². The van der Waals surface area contributed by atoms with E-state index in [2.05, 4.69) is 22.9 Å². The average molecular weight is 652 g/mol. The summed E-state index contributed by atoms with van der Waals surface area (Å²) < 4.78 is 11.9. The summed E-state index contributed by atoms with van der Waals surface area (Å²) in [6.07, 6.45) is 16.1. The van der Waals surface area contributed by atoms with Crippen molar-refractivity contribution in [3.63, 3.8) is 0 Å². The molecule has 1 aromatic heterocycles. The molecule has 6 atom stereocenters. The maximum Gasteiger partial charge on any atom is 0.410 e. The quantitative estimate of drug-likeness (QED) is 0.161. The van der Waals surface area contributed by atoms with Crippen LogP contribution in [0.4, 0.5) is 4.79 Å². The number of piperazine rings is 1. The number of nitrogens with zero attached hydrogens (tertiary/aromatic N) is 3. The Balaban J connectivity index is 1.46. The van der Waals surface area contributed by atoms with Crippen molar-refractivity contribution in [1.29, 1.82) is 0 Å². The summed E-state index contributed by atoms with van der Waals surface area (Å²) in [5.41, 5.74) is 1.52. The number of esters is 1. The van der Waals surface area contributed by atoms with Crippen molar-refractivity contribution < 1.29 is 29.3 Å². The van der Waals surface area contributed by atoms with Crippen molar-refractivity contribution in [2.24, 2.45) is 5.92 Å². The zero-order valence-corrected chi connectivity index (χ0v) is 29.1. The normalized spacial score (nSPS) is 30.9. The van der Waals surface area contributed by atoms with Gasteiger partial charge in [0.25, 0.3) is 0 Å². The van der Waals surface area contributed by atoms with Gasteiger partial charge in [-0.05, 0) is 69.7 Å². The van der Waals surface area contributed by atoms with Gasteiger partial charge in [0.2, 0.25) is 0 Å². The molecule has 4 rings (SSSR count). The van der Waals surface area contributed by atoms with E-state index in [9.17, 15) is 19.8 Å². The zero-order chi connectivity index (χ0) is 34.0. The maximum atomic E-state index is 13.4. The van der Waals surface area contributed by atoms with Crippen LogP contribution in [0, 0.1) is 12.8 Å². The van der Waals surface area contributed by atoms with Crippen molar-refractivity contribution >= 4 is 12.1 Å². The van der Waals surface area contributed by atoms with Gasteiger partial charge in [-0.3, -0.25) is 14.7 Å². The van der Waals surface area contributed by atoms with Gasteiger partial charge in [-0.15, -0.1) is 0 Å². The molecule has 1 unspecified atom stereocenters. The fourth-order valence-electron chi connectivity index (χ4n) is 7.06. The van der Waals surface area contributed by atoms with Gasteiger partial charge >= 0.3 is 12.1 Å². The summed E-state index contributed by atoms with van der Waals surface area (Å²) in [6, 6.07) is 4.57. The summed E-state index contributed by atoms with van der Waals surface area (Å²) in [7, 11) is 0. The molecule has 0 spiro atoms. The summed E-state index contributed by atoms with van der Waals surface area (Å²) in [5, 5.41) is 22.2. The molecule has 1 aromatic rings. The number of pyridine rings is 1. The summed E-state index contributed by atoms with van der Waals surface area (Å²) in [6.45, 7) is 12.4. The van der Waals surface area contributed by atoms with Gasteiger partial charge < -0.3 is 24.6 Å². The molecule has 1 saturated carbocycles. The minimum atomic E-state index is -1.44. The van der Waals surface area contributed by atoms with E-state index in [1.807, 2.05) is 51.1 Å². The lowest BCUT2D eigenvalue weighted by atomic mass is 9.88. The number of ether oxygens (including phenoxy) is 2. The lowest BCUT2D eigenvalue weighted by Gasteiger charge is -2.40. The first kappa shape index (κ1) is 36.8. The largest absolute Gasteiger partial charge is 0.457 e. The van der Waals surface area contributed by atoms with Crippen molar-refractivity contribution in [3.05, 3.63) is 65.5 Å². The maximum absolute atomic E-state index is 13.4. The van der Waals surface area contributed by atoms with Crippen LogP contribution >= 0.6 is 0 Å². The Morgan fingerprint density at radius 1 is 1.13 bits per heavy atom. The van der Waals surface area contributed by atoms with E-state index in [1.54, 1.807) is 24.1 Å². The molecule has 0 aromatic carbocycles. The molecule has 0 bridgehead atoms. The second kappa shape index (κ2) is 17.4. The van der Waals surface area contributed by atoms with Crippen molar-refractivity contribution in [2.75, 3.05) is 26.2 Å². The van der Waals surface area contributed by atoms with Crippen LogP contribution in [0.1, 0.15) is 103 Å². The van der Waals surface area contributed by atoms with E-state index in [1.165, 1.54) is 38.5 Å². The number of carbonyl (C=O) groups is 2. The van der Waals surface area contributed by atoms with Crippen LogP contribution in [0.15, 0.2) is 54.3 Å². The molecule has 1 aliphatic carbocycles. The molecule has 9 heteroatoms. The zero-order valence-electron chi connectivity index (χ0n) is 29.1. The highest BCUT2D eigenvalue weighted by Gasteiger charge is 2.37. The lowest BCUT2D eigenvalue weighted by molar-refractivity contribution is -0.151. The molecular weight excluding hydrogens is 594 g/mol. The smallest absolute Gasteiger partial charge is 0.410 e. The molecule has 2 aliphatic heterocycles. The van der Waals surface area contributed by atoms with Gasteiger partial charge in [0.05, 0.1) is 12.5 Å². The minimum Gasteiger partial charge on any atom is -0.457 e. The predicted molar refractivity (Wildman–Crippen MR) is 184 cm³/mol. The van der Waals surface area contributed by atoms with E-state index in [-0.39, 0.29) is 31.1 Å². The van der Waals surface area contributed by atoms with Crippen molar-refractivity contribution in [2.45, 2.75) is 128 Å². The average Bonchev–Trinajstić information content (AvgIpc) is 3.34. The second-order valence-corrected chi connectivity index (χ2v) is 14.2. The molecule has 9 nitrogen and oxygen atoms in total. The number of aliphatic hydroxyl groups excluding tert-OH is 1. The first-order valence-electron chi connectivity index (χ1n) is 17.7. The van der Waals surface area contributed by atoms with Crippen LogP contribution in [0.5, 0.6) is 0 Å². The Hall–Kier alpha value is -3.01. The fraction of sp³-hybridized carbons (Fsp3) is 0.658.